The fourth-order valence-electron chi connectivity index (χ4n) is 7.46. The Hall–Kier alpha value is -3.30. The van der Waals surface area contributed by atoms with Gasteiger partial charge in [-0.1, -0.05) is 25.3 Å². The molecule has 41 heavy (non-hydrogen) atoms. The van der Waals surface area contributed by atoms with Crippen LogP contribution in [0.4, 0.5) is 4.39 Å². The van der Waals surface area contributed by atoms with Crippen LogP contribution in [0.1, 0.15) is 62.6 Å². The van der Waals surface area contributed by atoms with E-state index in [1.807, 2.05) is 43.6 Å². The number of aromatic amines is 1. The first-order valence-corrected chi connectivity index (χ1v) is 15.1. The smallest absolute Gasteiger partial charge is 0.245 e. The lowest BCUT2D eigenvalue weighted by molar-refractivity contribution is -0.139. The molecule has 2 aromatic heterocycles. The van der Waals surface area contributed by atoms with E-state index in [2.05, 4.69) is 30.4 Å². The van der Waals surface area contributed by atoms with E-state index >= 15 is 0 Å². The lowest BCUT2D eigenvalue weighted by Crippen LogP contribution is -2.57. The molecule has 3 fully saturated rings. The summed E-state index contributed by atoms with van der Waals surface area (Å²) in [4.78, 5) is 40.0. The van der Waals surface area contributed by atoms with Crippen LogP contribution in [-0.2, 0) is 16.1 Å². The highest BCUT2D eigenvalue weighted by Gasteiger charge is 2.52. The van der Waals surface area contributed by atoms with Gasteiger partial charge in [0.25, 0.3) is 0 Å². The van der Waals surface area contributed by atoms with Crippen LogP contribution in [-0.4, -0.2) is 75.9 Å². The molecule has 2 amide bonds. The molecule has 3 aromatic rings. The molecule has 1 aliphatic carbocycles. The number of benzene rings is 1. The number of amides is 2. The molecule has 9 heteroatoms. The number of halogens is 1. The number of likely N-dealkylation sites (N-methyl/N-ethyl adjacent to an activating group) is 1. The van der Waals surface area contributed by atoms with E-state index in [-0.39, 0.29) is 47.6 Å². The van der Waals surface area contributed by atoms with Crippen LogP contribution >= 0.6 is 0 Å². The highest BCUT2D eigenvalue weighted by molar-refractivity contribution is 5.90. The van der Waals surface area contributed by atoms with Gasteiger partial charge in [-0.15, -0.1) is 0 Å². The SMILES string of the molecule is CNC(C)C(=O)NC(C(=O)N1CCC2C1C(c1c[nH]c3cc(F)ccc13)CN2Cc1ccccn1)C1CCCCC1. The number of likely N-dealkylation sites (tertiary alicyclic amines) is 2. The van der Waals surface area contributed by atoms with E-state index in [1.165, 1.54) is 18.6 Å². The van der Waals surface area contributed by atoms with Crippen LogP contribution in [0.25, 0.3) is 10.9 Å². The maximum Gasteiger partial charge on any atom is 0.245 e. The first-order chi connectivity index (χ1) is 19.9. The van der Waals surface area contributed by atoms with Gasteiger partial charge in [-0.25, -0.2) is 4.39 Å². The molecule has 218 valence electrons. The maximum absolute atomic E-state index is 14.5. The number of pyridine rings is 1. The predicted octanol–water partition coefficient (Wildman–Crippen LogP) is 3.94. The molecule has 4 heterocycles. The second-order valence-corrected chi connectivity index (χ2v) is 12.1. The normalized spacial score (nSPS) is 24.9. The van der Waals surface area contributed by atoms with Gasteiger partial charge < -0.3 is 20.5 Å². The van der Waals surface area contributed by atoms with Crippen molar-refractivity contribution in [1.29, 1.82) is 0 Å². The highest BCUT2D eigenvalue weighted by atomic mass is 19.1. The van der Waals surface area contributed by atoms with Crippen LogP contribution in [0.2, 0.25) is 0 Å². The summed E-state index contributed by atoms with van der Waals surface area (Å²) in [5.74, 6) is -0.175. The van der Waals surface area contributed by atoms with Crippen LogP contribution in [0, 0.1) is 11.7 Å². The number of hydrogen-bond acceptors (Lipinski definition) is 5. The van der Waals surface area contributed by atoms with Gasteiger partial charge in [0.05, 0.1) is 17.8 Å². The van der Waals surface area contributed by atoms with Crippen LogP contribution < -0.4 is 10.6 Å². The summed E-state index contributed by atoms with van der Waals surface area (Å²) in [5, 5.41) is 7.18. The number of fused-ring (bicyclic) bond motifs is 2. The summed E-state index contributed by atoms with van der Waals surface area (Å²) in [6, 6.07) is 10.1. The Morgan fingerprint density at radius 1 is 1.15 bits per heavy atom. The molecule has 2 saturated heterocycles. The van der Waals surface area contributed by atoms with E-state index in [4.69, 9.17) is 0 Å². The summed E-state index contributed by atoms with van der Waals surface area (Å²) in [6.07, 6.45) is 9.95. The Labute approximate surface area is 241 Å². The number of carbonyl (C=O) groups excluding carboxylic acids is 2. The second kappa shape index (κ2) is 11.9. The molecule has 1 aromatic carbocycles. The average molecular weight is 561 g/mol. The fourth-order valence-corrected chi connectivity index (χ4v) is 7.46. The van der Waals surface area contributed by atoms with Gasteiger partial charge in [0.1, 0.15) is 11.9 Å². The average Bonchev–Trinajstić information content (AvgIpc) is 3.71. The summed E-state index contributed by atoms with van der Waals surface area (Å²) < 4.78 is 14.0. The Bertz CT molecular complexity index is 1370. The molecule has 5 unspecified atom stereocenters. The zero-order valence-corrected chi connectivity index (χ0v) is 24.0. The maximum atomic E-state index is 14.5. The van der Waals surface area contributed by atoms with Crippen LogP contribution in [0.15, 0.2) is 48.8 Å². The van der Waals surface area contributed by atoms with Crippen LogP contribution in [0.5, 0.6) is 0 Å². The largest absolute Gasteiger partial charge is 0.361 e. The standard InChI is InChI=1S/C32H41FN6O2/c1-20(34-2)31(40)37-29(21-8-4-3-5-9-21)32(41)39-15-13-28-30(39)26(19-38(28)18-23-10-6-7-14-35-23)25-17-36-27-16-22(33)11-12-24(25)27/h6-7,10-12,14,16-17,20-21,26,28-30,34,36H,3-5,8-9,13,15,18-19H2,1-2H3,(H,37,40). The Morgan fingerprint density at radius 2 is 1.98 bits per heavy atom. The van der Waals surface area contributed by atoms with E-state index < -0.39 is 6.04 Å². The molecule has 1 saturated carbocycles. The van der Waals surface area contributed by atoms with E-state index in [9.17, 15) is 14.0 Å². The van der Waals surface area contributed by atoms with Crippen molar-refractivity contribution < 1.29 is 14.0 Å². The Morgan fingerprint density at radius 3 is 2.73 bits per heavy atom. The lowest BCUT2D eigenvalue weighted by Gasteiger charge is -2.36. The molecule has 5 atom stereocenters. The van der Waals surface area contributed by atoms with Crippen molar-refractivity contribution in [2.24, 2.45) is 5.92 Å². The summed E-state index contributed by atoms with van der Waals surface area (Å²) in [7, 11) is 1.76. The lowest BCUT2D eigenvalue weighted by atomic mass is 9.82. The zero-order chi connectivity index (χ0) is 28.5. The zero-order valence-electron chi connectivity index (χ0n) is 24.0. The van der Waals surface area contributed by atoms with Crippen molar-refractivity contribution in [3.05, 3.63) is 65.9 Å². The van der Waals surface area contributed by atoms with Crippen molar-refractivity contribution in [2.45, 2.75) is 82.1 Å². The topological polar surface area (TPSA) is 93.4 Å². The van der Waals surface area contributed by atoms with Crippen LogP contribution in [0.3, 0.4) is 0 Å². The molecule has 0 bridgehead atoms. The van der Waals surface area contributed by atoms with Gasteiger partial charge >= 0.3 is 0 Å². The minimum absolute atomic E-state index is 0.0385. The van der Waals surface area contributed by atoms with Crippen molar-refractivity contribution in [3.63, 3.8) is 0 Å². The predicted molar refractivity (Wildman–Crippen MR) is 157 cm³/mol. The van der Waals surface area contributed by atoms with Gasteiger partial charge in [0.2, 0.25) is 11.8 Å². The first-order valence-electron chi connectivity index (χ1n) is 15.1. The fraction of sp³-hybridized carbons (Fsp3) is 0.531. The number of carbonyl (C=O) groups is 2. The number of aromatic nitrogens is 2. The number of rotatable bonds is 8. The monoisotopic (exact) mass is 560 g/mol. The Balaban J connectivity index is 1.34. The van der Waals surface area contributed by atoms with Gasteiger partial charge in [0, 0.05) is 54.9 Å². The minimum Gasteiger partial charge on any atom is -0.361 e. The van der Waals surface area contributed by atoms with Crippen molar-refractivity contribution in [3.8, 4) is 0 Å². The second-order valence-electron chi connectivity index (χ2n) is 12.1. The van der Waals surface area contributed by atoms with E-state index in [1.54, 1.807) is 7.05 Å². The van der Waals surface area contributed by atoms with Gasteiger partial charge in [-0.2, -0.15) is 0 Å². The van der Waals surface area contributed by atoms with Gasteiger partial charge in [0.15, 0.2) is 0 Å². The van der Waals surface area contributed by atoms with Gasteiger partial charge in [-0.3, -0.25) is 19.5 Å². The van der Waals surface area contributed by atoms with E-state index in [0.29, 0.717) is 13.1 Å². The van der Waals surface area contributed by atoms with Crippen molar-refractivity contribution in [2.75, 3.05) is 20.1 Å². The number of nitrogens with one attached hydrogen (secondary N) is 3. The molecular weight excluding hydrogens is 519 g/mol. The molecule has 6 rings (SSSR count). The summed E-state index contributed by atoms with van der Waals surface area (Å²) >= 11 is 0. The third-order valence-electron chi connectivity index (χ3n) is 9.69. The molecular formula is C32H41FN6O2. The number of hydrogen-bond donors (Lipinski definition) is 3. The van der Waals surface area contributed by atoms with Crippen molar-refractivity contribution in [1.82, 2.24) is 30.4 Å². The third-order valence-corrected chi connectivity index (χ3v) is 9.69. The highest BCUT2D eigenvalue weighted by Crippen LogP contribution is 2.44. The third kappa shape index (κ3) is 5.49. The Kier molecular flexibility index (Phi) is 8.08. The molecule has 8 nitrogen and oxygen atoms in total. The quantitative estimate of drug-likeness (QED) is 0.388. The van der Waals surface area contributed by atoms with Crippen molar-refractivity contribution >= 4 is 22.7 Å². The summed E-state index contributed by atoms with van der Waals surface area (Å²) in [6.45, 7) is 3.96. The molecule has 0 spiro atoms. The summed E-state index contributed by atoms with van der Waals surface area (Å²) in [5.41, 5.74) is 2.88. The number of H-pyrrole nitrogens is 1. The van der Waals surface area contributed by atoms with E-state index in [0.717, 1.165) is 60.8 Å². The minimum atomic E-state index is -0.528. The molecule has 2 aliphatic heterocycles. The molecule has 0 radical (unpaired) electrons. The number of nitrogens with zero attached hydrogens (tertiary/aromatic N) is 3. The molecule has 3 N–H and O–H groups in total. The first kappa shape index (κ1) is 27.8. The van der Waals surface area contributed by atoms with Gasteiger partial charge in [-0.05, 0) is 75.0 Å². The molecule has 3 aliphatic rings.